The van der Waals surface area contributed by atoms with E-state index in [0.29, 0.717) is 0 Å². The molecule has 0 saturated heterocycles. The van der Waals surface area contributed by atoms with Crippen LogP contribution in [0, 0.1) is 10.1 Å². The van der Waals surface area contributed by atoms with Gasteiger partial charge in [-0.3, -0.25) is 14.9 Å². The molecule has 0 fully saturated rings. The molecule has 0 saturated carbocycles. The van der Waals surface area contributed by atoms with Gasteiger partial charge in [-0.25, -0.2) is 0 Å². The molecule has 0 bridgehead atoms. The lowest BCUT2D eigenvalue weighted by molar-refractivity contribution is -0.384. The monoisotopic (exact) mass is 388 g/mol. The van der Waals surface area contributed by atoms with Crippen LogP contribution >= 0.6 is 15.9 Å². The first-order valence-electron chi connectivity index (χ1n) is 6.11. The lowest BCUT2D eigenvalue weighted by atomic mass is 10.1. The van der Waals surface area contributed by atoms with Gasteiger partial charge >= 0.3 is 6.18 Å². The van der Waals surface area contributed by atoms with Crippen LogP contribution in [0.1, 0.15) is 15.9 Å². The summed E-state index contributed by atoms with van der Waals surface area (Å²) in [5.41, 5.74) is -1.34. The van der Waals surface area contributed by atoms with Crippen LogP contribution in [-0.4, -0.2) is 10.8 Å². The zero-order valence-electron chi connectivity index (χ0n) is 11.2. The van der Waals surface area contributed by atoms with E-state index in [1.54, 1.807) is 0 Å². The van der Waals surface area contributed by atoms with Crippen LogP contribution in [-0.2, 0) is 6.18 Å². The molecule has 1 N–H and O–H groups in total. The fourth-order valence-corrected chi connectivity index (χ4v) is 2.10. The number of amides is 1. The second kappa shape index (κ2) is 6.37. The van der Waals surface area contributed by atoms with Gasteiger partial charge in [-0.2, -0.15) is 13.2 Å². The van der Waals surface area contributed by atoms with Crippen LogP contribution in [0.2, 0.25) is 0 Å². The number of carbonyl (C=O) groups excluding carboxylic acids is 1. The van der Waals surface area contributed by atoms with Crippen molar-refractivity contribution in [3.05, 3.63) is 68.2 Å². The van der Waals surface area contributed by atoms with Gasteiger partial charge in [0.05, 0.1) is 16.2 Å². The summed E-state index contributed by atoms with van der Waals surface area (Å²) < 4.78 is 38.4. The van der Waals surface area contributed by atoms with Crippen molar-refractivity contribution in [1.29, 1.82) is 0 Å². The molecule has 0 radical (unpaired) electrons. The second-order valence-corrected chi connectivity index (χ2v) is 5.31. The van der Waals surface area contributed by atoms with Crippen LogP contribution in [0.3, 0.4) is 0 Å². The van der Waals surface area contributed by atoms with Crippen LogP contribution in [0.5, 0.6) is 0 Å². The summed E-state index contributed by atoms with van der Waals surface area (Å²) >= 11 is 3.05. The molecule has 0 unspecified atom stereocenters. The Kier molecular flexibility index (Phi) is 4.69. The average molecular weight is 389 g/mol. The molecule has 0 aliphatic heterocycles. The average Bonchev–Trinajstić information content (AvgIpc) is 2.48. The largest absolute Gasteiger partial charge is 0.416 e. The summed E-state index contributed by atoms with van der Waals surface area (Å²) in [6.07, 6.45) is -4.55. The third-order valence-corrected chi connectivity index (χ3v) is 3.55. The number of alkyl halides is 3. The first-order chi connectivity index (χ1) is 10.7. The van der Waals surface area contributed by atoms with Crippen LogP contribution in [0.4, 0.5) is 24.5 Å². The summed E-state index contributed by atoms with van der Waals surface area (Å²) in [4.78, 5) is 22.1. The summed E-state index contributed by atoms with van der Waals surface area (Å²) in [6, 6.07) is 7.68. The van der Waals surface area contributed by atoms with Gasteiger partial charge < -0.3 is 5.32 Å². The van der Waals surface area contributed by atoms with E-state index < -0.39 is 22.6 Å². The molecule has 0 aliphatic carbocycles. The zero-order chi connectivity index (χ0) is 17.2. The van der Waals surface area contributed by atoms with E-state index in [9.17, 15) is 28.1 Å². The zero-order valence-corrected chi connectivity index (χ0v) is 12.8. The maximum atomic E-state index is 12.7. The summed E-state index contributed by atoms with van der Waals surface area (Å²) in [6.45, 7) is 0. The molecule has 2 aromatic rings. The maximum Gasteiger partial charge on any atom is 0.416 e. The summed E-state index contributed by atoms with van der Waals surface area (Å²) in [5.74, 6) is -0.756. The number of nitro groups is 1. The van der Waals surface area contributed by atoms with Crippen molar-refractivity contribution in [3.8, 4) is 0 Å². The molecule has 9 heteroatoms. The Morgan fingerprint density at radius 3 is 2.48 bits per heavy atom. The number of non-ortho nitro benzene ring substituents is 1. The van der Waals surface area contributed by atoms with Gasteiger partial charge in [-0.15, -0.1) is 0 Å². The van der Waals surface area contributed by atoms with Gasteiger partial charge in [0.15, 0.2) is 0 Å². The van der Waals surface area contributed by atoms with E-state index in [0.717, 1.165) is 24.3 Å². The quantitative estimate of drug-likeness (QED) is 0.615. The Balaban J connectivity index is 2.30. The number of hydrogen-bond acceptors (Lipinski definition) is 3. The number of benzene rings is 2. The van der Waals surface area contributed by atoms with Crippen molar-refractivity contribution in [2.24, 2.45) is 0 Å². The van der Waals surface area contributed by atoms with Crippen LogP contribution in [0.25, 0.3) is 0 Å². The minimum absolute atomic E-state index is 0.0384. The maximum absolute atomic E-state index is 12.7. The molecule has 120 valence electrons. The van der Waals surface area contributed by atoms with E-state index in [2.05, 4.69) is 21.2 Å². The van der Waals surface area contributed by atoms with Crippen LogP contribution < -0.4 is 5.32 Å². The van der Waals surface area contributed by atoms with E-state index in [1.807, 2.05) is 0 Å². The highest BCUT2D eigenvalue weighted by Gasteiger charge is 2.31. The molecule has 0 spiro atoms. The Bertz CT molecular complexity index is 778. The highest BCUT2D eigenvalue weighted by molar-refractivity contribution is 9.10. The number of nitrogens with one attached hydrogen (secondary N) is 1. The van der Waals surface area contributed by atoms with Crippen molar-refractivity contribution < 1.29 is 22.9 Å². The third kappa shape index (κ3) is 4.07. The van der Waals surface area contributed by atoms with Gasteiger partial charge in [0, 0.05) is 22.2 Å². The molecule has 2 aromatic carbocycles. The van der Waals surface area contributed by atoms with Crippen molar-refractivity contribution in [2.75, 3.05) is 5.32 Å². The lowest BCUT2D eigenvalue weighted by Crippen LogP contribution is -2.14. The van der Waals surface area contributed by atoms with Crippen LogP contribution in [0.15, 0.2) is 46.9 Å². The van der Waals surface area contributed by atoms with Gasteiger partial charge in [-0.1, -0.05) is 6.07 Å². The van der Waals surface area contributed by atoms with E-state index in [-0.39, 0.29) is 21.4 Å². The molecule has 0 aliphatic rings. The highest BCUT2D eigenvalue weighted by atomic mass is 79.9. The number of nitro benzene ring substituents is 1. The smallest absolute Gasteiger partial charge is 0.321 e. The Morgan fingerprint density at radius 1 is 1.17 bits per heavy atom. The van der Waals surface area contributed by atoms with E-state index in [1.165, 1.54) is 18.2 Å². The fraction of sp³-hybridized carbons (Fsp3) is 0.0714. The predicted molar refractivity (Wildman–Crippen MR) is 80.2 cm³/mol. The minimum atomic E-state index is -4.55. The van der Waals surface area contributed by atoms with Crippen molar-refractivity contribution in [1.82, 2.24) is 0 Å². The molecular formula is C14H8BrF3N2O3. The number of hydrogen-bond donors (Lipinski definition) is 1. The minimum Gasteiger partial charge on any atom is -0.321 e. The normalized spacial score (nSPS) is 11.1. The first kappa shape index (κ1) is 16.9. The Morgan fingerprint density at radius 2 is 1.87 bits per heavy atom. The molecule has 0 heterocycles. The van der Waals surface area contributed by atoms with Crippen molar-refractivity contribution in [3.63, 3.8) is 0 Å². The van der Waals surface area contributed by atoms with Crippen molar-refractivity contribution >= 4 is 33.2 Å². The number of halogens is 4. The van der Waals surface area contributed by atoms with E-state index >= 15 is 0 Å². The van der Waals surface area contributed by atoms with Gasteiger partial charge in [0.25, 0.3) is 11.6 Å². The SMILES string of the molecule is O=C(Nc1cc(C(F)(F)F)ccc1Br)c1cccc([N+](=O)[O-])c1. The van der Waals surface area contributed by atoms with Gasteiger partial charge in [0.1, 0.15) is 0 Å². The summed E-state index contributed by atoms with van der Waals surface area (Å²) in [7, 11) is 0. The van der Waals surface area contributed by atoms with Gasteiger partial charge in [-0.05, 0) is 40.2 Å². The highest BCUT2D eigenvalue weighted by Crippen LogP contribution is 2.34. The fourth-order valence-electron chi connectivity index (χ4n) is 1.75. The number of carbonyl (C=O) groups is 1. The number of rotatable bonds is 3. The van der Waals surface area contributed by atoms with Crippen molar-refractivity contribution in [2.45, 2.75) is 6.18 Å². The molecule has 1 amide bonds. The third-order valence-electron chi connectivity index (χ3n) is 2.86. The molecule has 0 atom stereocenters. The van der Waals surface area contributed by atoms with E-state index in [4.69, 9.17) is 0 Å². The second-order valence-electron chi connectivity index (χ2n) is 4.45. The first-order valence-corrected chi connectivity index (χ1v) is 6.90. The summed E-state index contributed by atoms with van der Waals surface area (Å²) in [5, 5.41) is 13.0. The number of nitrogens with zero attached hydrogens (tertiary/aromatic N) is 1. The molecule has 2 rings (SSSR count). The molecule has 5 nitrogen and oxygen atoms in total. The molecule has 0 aromatic heterocycles. The standard InChI is InChI=1S/C14H8BrF3N2O3/c15-11-5-4-9(14(16,17)18)7-12(11)19-13(21)8-2-1-3-10(6-8)20(22)23/h1-7H,(H,19,21). The molecular weight excluding hydrogens is 381 g/mol. The lowest BCUT2D eigenvalue weighted by Gasteiger charge is -2.11. The Labute approximate surface area is 136 Å². The predicted octanol–water partition coefficient (Wildman–Crippen LogP) is 4.63. The Hall–Kier alpha value is -2.42. The van der Waals surface area contributed by atoms with Gasteiger partial charge in [0.2, 0.25) is 0 Å². The topological polar surface area (TPSA) is 72.2 Å². The number of anilines is 1. The molecule has 23 heavy (non-hydrogen) atoms.